The Morgan fingerprint density at radius 2 is 0.179 bits per heavy atom. The fourth-order valence-corrected chi connectivity index (χ4v) is 19.7. The van der Waals surface area contributed by atoms with Crippen LogP contribution in [0.25, 0.3) is 0 Å². The molecule has 0 rings (SSSR count). The topological polar surface area (TPSA) is 27.7 Å². The van der Waals surface area contributed by atoms with Gasteiger partial charge in [-0.1, -0.05) is 639 Å². The molecule has 674 valence electrons. The van der Waals surface area contributed by atoms with Gasteiger partial charge in [0.25, 0.3) is 0 Å². The van der Waals surface area contributed by atoms with Crippen molar-refractivity contribution in [3.8, 4) is 0 Å². The first kappa shape index (κ1) is 112. The molecular weight excluding hydrogens is 1380 g/mol. The van der Waals surface area contributed by atoms with Crippen molar-refractivity contribution >= 4 is 8.60 Å². The van der Waals surface area contributed by atoms with Gasteiger partial charge < -0.3 is 13.6 Å². The second-order valence-corrected chi connectivity index (χ2v) is 39.0. The zero-order valence-corrected chi connectivity index (χ0v) is 80.3. The van der Waals surface area contributed by atoms with Crippen molar-refractivity contribution in [2.75, 3.05) is 0 Å². The van der Waals surface area contributed by atoms with Gasteiger partial charge in [0.15, 0.2) is 0 Å². The van der Waals surface area contributed by atoms with Crippen LogP contribution >= 0.6 is 8.60 Å². The molecule has 3 nitrogen and oxygen atoms in total. The third-order valence-corrected chi connectivity index (χ3v) is 27.6. The van der Waals surface area contributed by atoms with E-state index in [1.807, 2.05) is 0 Å². The molecule has 0 aliphatic rings. The first-order valence-corrected chi connectivity index (χ1v) is 55.5. The second-order valence-electron chi connectivity index (χ2n) is 37.9. The highest BCUT2D eigenvalue weighted by Crippen LogP contribution is 2.48. The van der Waals surface area contributed by atoms with E-state index in [0.29, 0.717) is 0 Å². The van der Waals surface area contributed by atoms with E-state index >= 15 is 0 Å². The van der Waals surface area contributed by atoms with Gasteiger partial charge >= 0.3 is 8.60 Å². The molecule has 0 saturated heterocycles. The second kappa shape index (κ2) is 104. The summed E-state index contributed by atoms with van der Waals surface area (Å²) < 4.78 is 23.1. The summed E-state index contributed by atoms with van der Waals surface area (Å²) in [6.07, 6.45) is 140. The Morgan fingerprint density at radius 1 is 0.107 bits per heavy atom. The molecule has 0 radical (unpaired) electrons. The SMILES string of the molecule is CCCCCCCCCCCCCCCCCCC(CCCCCCCCCCCCCCCCC)OP(OC(CCCCCCCCCCCCCCCCC)CCCCCCCCCCCCCCCCCC)OC(CCCCCCCCCCCCCCCCC)CCCCCCCCCCCCCCCCCC. The van der Waals surface area contributed by atoms with E-state index in [-0.39, 0.29) is 18.3 Å². The van der Waals surface area contributed by atoms with Crippen LogP contribution in [0.2, 0.25) is 0 Å². The summed E-state index contributed by atoms with van der Waals surface area (Å²) in [4.78, 5) is 0. The van der Waals surface area contributed by atoms with Gasteiger partial charge in [0.2, 0.25) is 0 Å². The first-order chi connectivity index (χ1) is 55.6. The standard InChI is InChI=1S/C108H219O3P/c1-7-13-19-25-31-37-43-49-55-61-67-73-79-85-91-97-103-106(100-94-88-82-76-70-64-58-52-46-40-34-28-22-16-10-4)109-112(110-107(101-95-89-83-77-71-65-59-53-47-41-35-29-23-17-11-5)104-98-92-86-80-74-68-62-56-50-44-38-32-26-20-14-8-2)111-108(102-96-90-84-78-72-66-60-54-48-42-36-30-24-18-12-6)105-99-93-87-81-75-69-63-57-51-45-39-33-27-21-15-9-3/h106-108H,7-105H2,1-6H3. The van der Waals surface area contributed by atoms with Gasteiger partial charge in [0, 0.05) is 0 Å². The van der Waals surface area contributed by atoms with Crippen LogP contribution in [0, 0.1) is 0 Å². The van der Waals surface area contributed by atoms with Crippen LogP contribution in [0.1, 0.15) is 677 Å². The lowest BCUT2D eigenvalue weighted by Gasteiger charge is -2.30. The Hall–Kier alpha value is 0.310. The smallest absolute Gasteiger partial charge is 0.309 e. The molecule has 0 aromatic heterocycles. The van der Waals surface area contributed by atoms with E-state index in [1.54, 1.807) is 0 Å². The summed E-state index contributed by atoms with van der Waals surface area (Å²) in [5, 5.41) is 0. The van der Waals surface area contributed by atoms with Crippen LogP contribution in [-0.4, -0.2) is 18.3 Å². The van der Waals surface area contributed by atoms with E-state index in [2.05, 4.69) is 41.5 Å². The van der Waals surface area contributed by atoms with Crippen LogP contribution in [0.4, 0.5) is 0 Å². The minimum atomic E-state index is -1.44. The third kappa shape index (κ3) is 95.8. The Labute approximate surface area is 713 Å². The van der Waals surface area contributed by atoms with Gasteiger partial charge in [-0.2, -0.15) is 0 Å². The predicted octanol–water partition coefficient (Wildman–Crippen LogP) is 42.1. The molecule has 3 unspecified atom stereocenters. The Kier molecular flexibility index (Phi) is 104. The molecule has 0 fully saturated rings. The average Bonchev–Trinajstić information content (AvgIpc) is 0.896. The molecular formula is C108H219O3P. The monoisotopic (exact) mass is 1600 g/mol. The fraction of sp³-hybridized carbons (Fsp3) is 1.00. The van der Waals surface area contributed by atoms with Crippen molar-refractivity contribution in [3.63, 3.8) is 0 Å². The molecule has 4 heteroatoms. The molecule has 0 spiro atoms. The highest BCUT2D eigenvalue weighted by Gasteiger charge is 2.28. The first-order valence-electron chi connectivity index (χ1n) is 54.4. The third-order valence-electron chi connectivity index (χ3n) is 26.2. The molecule has 0 heterocycles. The maximum atomic E-state index is 7.70. The quantitative estimate of drug-likeness (QED) is 0.0449. The van der Waals surface area contributed by atoms with Gasteiger partial charge in [-0.25, -0.2) is 0 Å². The summed E-state index contributed by atoms with van der Waals surface area (Å²) >= 11 is 0. The summed E-state index contributed by atoms with van der Waals surface area (Å²) in [5.74, 6) is 0. The molecule has 0 aromatic rings. The predicted molar refractivity (Wildman–Crippen MR) is 513 cm³/mol. The summed E-state index contributed by atoms with van der Waals surface area (Å²) in [6, 6.07) is 0. The minimum absolute atomic E-state index is 0.253. The average molecular weight is 1600 g/mol. The maximum Gasteiger partial charge on any atom is 0.333 e. The van der Waals surface area contributed by atoms with E-state index in [0.717, 1.165) is 0 Å². The minimum Gasteiger partial charge on any atom is -0.309 e. The summed E-state index contributed by atoms with van der Waals surface area (Å²) in [5.41, 5.74) is 0. The fourth-order valence-electron chi connectivity index (χ4n) is 18.2. The molecule has 112 heavy (non-hydrogen) atoms. The number of hydrogen-bond acceptors (Lipinski definition) is 3. The Bertz CT molecular complexity index is 1410. The lowest BCUT2D eigenvalue weighted by Crippen LogP contribution is -2.20. The van der Waals surface area contributed by atoms with Gasteiger partial charge in [-0.3, -0.25) is 0 Å². The zero-order valence-electron chi connectivity index (χ0n) is 79.4. The molecule has 0 amide bonds. The van der Waals surface area contributed by atoms with Crippen molar-refractivity contribution < 1.29 is 13.6 Å². The summed E-state index contributed by atoms with van der Waals surface area (Å²) in [7, 11) is -1.44. The van der Waals surface area contributed by atoms with Crippen molar-refractivity contribution in [3.05, 3.63) is 0 Å². The Balaban J connectivity index is 6.60. The molecule has 0 N–H and O–H groups in total. The largest absolute Gasteiger partial charge is 0.333 e. The van der Waals surface area contributed by atoms with Crippen molar-refractivity contribution in [2.45, 2.75) is 696 Å². The van der Waals surface area contributed by atoms with Gasteiger partial charge in [0.1, 0.15) is 0 Å². The van der Waals surface area contributed by atoms with Gasteiger partial charge in [-0.15, -0.1) is 0 Å². The molecule has 0 saturated carbocycles. The number of unbranched alkanes of at least 4 members (excludes halogenated alkanes) is 87. The van der Waals surface area contributed by atoms with Crippen LogP contribution in [0.15, 0.2) is 0 Å². The highest BCUT2D eigenvalue weighted by atomic mass is 31.2. The van der Waals surface area contributed by atoms with Crippen molar-refractivity contribution in [1.29, 1.82) is 0 Å². The Morgan fingerprint density at radius 3 is 0.259 bits per heavy atom. The molecule has 0 aliphatic carbocycles. The molecule has 3 atom stereocenters. The van der Waals surface area contributed by atoms with E-state index in [4.69, 9.17) is 13.6 Å². The van der Waals surface area contributed by atoms with Crippen LogP contribution < -0.4 is 0 Å². The van der Waals surface area contributed by atoms with Crippen molar-refractivity contribution in [2.24, 2.45) is 0 Å². The lowest BCUT2D eigenvalue weighted by atomic mass is 10.0. The van der Waals surface area contributed by atoms with Crippen LogP contribution in [0.5, 0.6) is 0 Å². The van der Waals surface area contributed by atoms with E-state index in [1.165, 1.54) is 636 Å². The molecule has 0 aromatic carbocycles. The van der Waals surface area contributed by atoms with E-state index < -0.39 is 8.60 Å². The molecule has 0 aliphatic heterocycles. The molecule has 0 bridgehead atoms. The zero-order chi connectivity index (χ0) is 80.4. The van der Waals surface area contributed by atoms with E-state index in [9.17, 15) is 0 Å². The van der Waals surface area contributed by atoms with Crippen molar-refractivity contribution in [1.82, 2.24) is 0 Å². The highest BCUT2D eigenvalue weighted by molar-refractivity contribution is 7.41. The van der Waals surface area contributed by atoms with Gasteiger partial charge in [-0.05, 0) is 38.5 Å². The normalized spacial score (nSPS) is 13.0. The van der Waals surface area contributed by atoms with Crippen LogP contribution in [-0.2, 0) is 13.6 Å². The maximum absolute atomic E-state index is 7.70. The number of hydrogen-bond donors (Lipinski definition) is 0. The number of rotatable bonds is 105. The van der Waals surface area contributed by atoms with Gasteiger partial charge in [0.05, 0.1) is 18.3 Å². The lowest BCUT2D eigenvalue weighted by molar-refractivity contribution is 0.0467. The summed E-state index contributed by atoms with van der Waals surface area (Å²) in [6.45, 7) is 14.0. The van der Waals surface area contributed by atoms with Crippen LogP contribution in [0.3, 0.4) is 0 Å².